The van der Waals surface area contributed by atoms with E-state index in [1.807, 2.05) is 78.9 Å². The summed E-state index contributed by atoms with van der Waals surface area (Å²) in [6.45, 7) is 0. The summed E-state index contributed by atoms with van der Waals surface area (Å²) in [6, 6.07) is 29.2. The lowest BCUT2D eigenvalue weighted by atomic mass is 9.84. The van der Waals surface area contributed by atoms with E-state index in [1.165, 1.54) is 0 Å². The maximum Gasteiger partial charge on any atom is 0.143 e. The van der Waals surface area contributed by atoms with E-state index < -0.39 is 84.1 Å². The normalized spacial score (nSPS) is 15.2. The highest BCUT2D eigenvalue weighted by Crippen LogP contribution is 2.47. The van der Waals surface area contributed by atoms with Crippen molar-refractivity contribution < 1.29 is 22.2 Å². The molecule has 0 bridgehead atoms. The molecule has 1 nitrogen and oxygen atoms in total. The van der Waals surface area contributed by atoms with Crippen LogP contribution in [0.25, 0.3) is 110 Å². The minimum absolute atomic E-state index is 0.0693. The summed E-state index contributed by atoms with van der Waals surface area (Å²) in [5.74, 6) is 0. The van der Waals surface area contributed by atoms with Crippen molar-refractivity contribution in [3.63, 3.8) is 0 Å². The van der Waals surface area contributed by atoms with E-state index in [2.05, 4.69) is 30.3 Å². The van der Waals surface area contributed by atoms with Gasteiger partial charge in [0, 0.05) is 21.9 Å². The fourth-order valence-electron chi connectivity index (χ4n) is 7.89. The van der Waals surface area contributed by atoms with E-state index in [1.54, 1.807) is 6.07 Å². The lowest BCUT2D eigenvalue weighted by Gasteiger charge is -2.19. The van der Waals surface area contributed by atoms with E-state index in [4.69, 9.17) is 16.8 Å². The van der Waals surface area contributed by atoms with Crippen LogP contribution in [0.1, 0.15) is 17.8 Å². The molecule has 53 heavy (non-hydrogen) atoms. The summed E-state index contributed by atoms with van der Waals surface area (Å²) in [4.78, 5) is 0. The fourth-order valence-corrected chi connectivity index (χ4v) is 7.89. The highest BCUT2D eigenvalue weighted by molar-refractivity contribution is 6.24. The second kappa shape index (κ2) is 11.8. The smallest absolute Gasteiger partial charge is 0.143 e. The van der Waals surface area contributed by atoms with Gasteiger partial charge in [-0.3, -0.25) is 0 Å². The van der Waals surface area contributed by atoms with Gasteiger partial charge in [-0.05, 0) is 82.5 Å². The Balaban J connectivity index is 1.25. The first-order valence-corrected chi connectivity index (χ1v) is 17.2. The number of rotatable bonds is 4. The molecule has 0 saturated heterocycles. The molecule has 0 radical (unpaired) electrons. The van der Waals surface area contributed by atoms with Gasteiger partial charge in [0.15, 0.2) is 0 Å². The monoisotopic (exact) mass is 685 g/mol. The molecule has 11 aromatic rings. The Morgan fingerprint density at radius 1 is 0.321 bits per heavy atom. The summed E-state index contributed by atoms with van der Waals surface area (Å²) < 4.78 is 123. The third-order valence-corrected chi connectivity index (χ3v) is 10.2. The molecule has 1 aromatic heterocycles. The zero-order chi connectivity index (χ0) is 46.2. The molecule has 10 aromatic carbocycles. The van der Waals surface area contributed by atoms with Gasteiger partial charge in [0.2, 0.25) is 0 Å². The second-order valence-corrected chi connectivity index (χ2v) is 13.0. The molecule has 0 unspecified atom stereocenters. The summed E-state index contributed by atoms with van der Waals surface area (Å²) in [5.41, 5.74) is 4.49. The Labute approximate surface area is 325 Å². The minimum Gasteiger partial charge on any atom is -0.455 e. The Kier molecular flexibility index (Phi) is 4.36. The van der Waals surface area contributed by atoms with Crippen molar-refractivity contribution in [1.29, 1.82) is 0 Å². The molecule has 246 valence electrons. The van der Waals surface area contributed by atoms with Gasteiger partial charge in [0.05, 0.1) is 17.8 Å². The van der Waals surface area contributed by atoms with Gasteiger partial charge in [0.25, 0.3) is 0 Å². The van der Waals surface area contributed by atoms with Crippen molar-refractivity contribution in [2.45, 2.75) is 0 Å². The lowest BCUT2D eigenvalue weighted by molar-refractivity contribution is 0.671. The van der Waals surface area contributed by atoms with E-state index in [-0.39, 0.29) is 32.7 Å². The van der Waals surface area contributed by atoms with Gasteiger partial charge in [-0.1, -0.05) is 188 Å². The van der Waals surface area contributed by atoms with Crippen molar-refractivity contribution in [2.24, 2.45) is 0 Å². The first-order valence-electron chi connectivity index (χ1n) is 23.7. The quantitative estimate of drug-likeness (QED) is 0.168. The van der Waals surface area contributed by atoms with Gasteiger partial charge in [-0.15, -0.1) is 0 Å². The van der Waals surface area contributed by atoms with Gasteiger partial charge in [-0.2, -0.15) is 0 Å². The molecule has 0 saturated carbocycles. The average molecular weight is 686 g/mol. The Morgan fingerprint density at radius 3 is 1.55 bits per heavy atom. The van der Waals surface area contributed by atoms with Crippen LogP contribution in [0.4, 0.5) is 0 Å². The molecule has 11 rings (SSSR count). The summed E-state index contributed by atoms with van der Waals surface area (Å²) in [6.07, 6.45) is 0. The Bertz CT molecular complexity index is 3880. The van der Waals surface area contributed by atoms with Crippen LogP contribution in [0.2, 0.25) is 0 Å². The first kappa shape index (κ1) is 19.6. The maximum atomic E-state index is 9.45. The molecule has 0 atom stereocenters. The summed E-state index contributed by atoms with van der Waals surface area (Å²) in [7, 11) is 0. The van der Waals surface area contributed by atoms with Crippen molar-refractivity contribution in [2.75, 3.05) is 0 Å². The average Bonchev–Trinajstić information content (AvgIpc) is 3.73. The molecular weight excluding hydrogens is 641 g/mol. The number of furan rings is 1. The molecule has 1 heterocycles. The molecule has 0 spiro atoms. The standard InChI is InChI=1S/C52H32O/c1-2-15-34(16-3-1)49-41-20-8-10-22-43(41)50(44-23-11-9-21-42(44)49)45-31-30-40(38-18-6-7-19-39(38)45)46-25-13-27-48-47-26-12-24-37(51(47)53-52(46)48)36-29-28-33-14-4-5-17-35(33)32-36/h1-32H/i1D,2D,3D,8D,9D,10D,11D,15D,16D,20D,21D,22D,23D. The molecule has 0 aliphatic carbocycles. The van der Waals surface area contributed by atoms with Crippen LogP contribution in [-0.4, -0.2) is 0 Å². The second-order valence-electron chi connectivity index (χ2n) is 13.0. The zero-order valence-corrected chi connectivity index (χ0v) is 27.9. The lowest BCUT2D eigenvalue weighted by Crippen LogP contribution is -1.92. The number of para-hydroxylation sites is 2. The third-order valence-electron chi connectivity index (χ3n) is 10.2. The highest BCUT2D eigenvalue weighted by atomic mass is 16.3. The fraction of sp³-hybridized carbons (Fsp3) is 0. The van der Waals surface area contributed by atoms with Crippen molar-refractivity contribution in [3.8, 4) is 44.5 Å². The first-order chi connectivity index (χ1) is 31.7. The van der Waals surface area contributed by atoms with Crippen molar-refractivity contribution in [1.82, 2.24) is 0 Å². The number of benzene rings is 10. The SMILES string of the molecule is [2H]c1c([2H])c([2H])c(-c2c3c([2H])c([2H])c([2H])c([2H])c3c(-c3ccc(-c4cccc5c4oc4c(-c6ccc7ccccc7c6)cccc45)c4ccccc34)c3c([2H])c([2H])c([2H])c([2H])c23)c([2H])c1[2H]. The van der Waals surface area contributed by atoms with Crippen LogP contribution in [0.3, 0.4) is 0 Å². The number of fused-ring (bicyclic) bond motifs is 7. The molecule has 0 aliphatic heterocycles. The van der Waals surface area contributed by atoms with Crippen LogP contribution < -0.4 is 0 Å². The van der Waals surface area contributed by atoms with Crippen LogP contribution >= 0.6 is 0 Å². The van der Waals surface area contributed by atoms with Crippen LogP contribution in [0.5, 0.6) is 0 Å². The topological polar surface area (TPSA) is 13.1 Å². The highest BCUT2D eigenvalue weighted by Gasteiger charge is 2.21. The molecule has 0 amide bonds. The summed E-state index contributed by atoms with van der Waals surface area (Å²) in [5, 5.41) is 4.55. The number of hydrogen-bond donors (Lipinski definition) is 0. The Hall–Kier alpha value is -6.96. The van der Waals surface area contributed by atoms with Crippen LogP contribution in [0.15, 0.2) is 198 Å². The zero-order valence-electron chi connectivity index (χ0n) is 40.9. The predicted octanol–water partition coefficient (Wildman–Crippen LogP) is 14.9. The van der Waals surface area contributed by atoms with E-state index in [0.29, 0.717) is 21.9 Å². The minimum atomic E-state index is -0.719. The van der Waals surface area contributed by atoms with E-state index in [9.17, 15) is 5.48 Å². The van der Waals surface area contributed by atoms with Gasteiger partial charge >= 0.3 is 0 Å². The van der Waals surface area contributed by atoms with E-state index in [0.717, 1.165) is 49.4 Å². The van der Waals surface area contributed by atoms with Crippen LogP contribution in [0, 0.1) is 0 Å². The van der Waals surface area contributed by atoms with Gasteiger partial charge < -0.3 is 4.42 Å². The van der Waals surface area contributed by atoms with Crippen molar-refractivity contribution >= 4 is 65.0 Å². The molecule has 0 fully saturated rings. The Morgan fingerprint density at radius 2 is 0.849 bits per heavy atom. The maximum absolute atomic E-state index is 9.45. The largest absolute Gasteiger partial charge is 0.455 e. The predicted molar refractivity (Wildman–Crippen MR) is 225 cm³/mol. The molecule has 0 aliphatic rings. The molecular formula is C52H32O. The third kappa shape index (κ3) is 4.58. The molecule has 0 N–H and O–H groups in total. The summed E-state index contributed by atoms with van der Waals surface area (Å²) >= 11 is 0. The molecule has 1 heteroatoms. The van der Waals surface area contributed by atoms with Gasteiger partial charge in [-0.25, -0.2) is 0 Å². The van der Waals surface area contributed by atoms with Gasteiger partial charge in [0.1, 0.15) is 11.2 Å². The number of hydrogen-bond acceptors (Lipinski definition) is 1. The van der Waals surface area contributed by atoms with E-state index >= 15 is 0 Å². The van der Waals surface area contributed by atoms with Crippen molar-refractivity contribution in [3.05, 3.63) is 194 Å². The van der Waals surface area contributed by atoms with Crippen LogP contribution in [-0.2, 0) is 0 Å².